The van der Waals surface area contributed by atoms with Crippen LogP contribution in [-0.4, -0.2) is 60.3 Å². The summed E-state index contributed by atoms with van der Waals surface area (Å²) in [5, 5.41) is 8.73. The lowest BCUT2D eigenvalue weighted by Gasteiger charge is -2.35. The molecule has 26 heavy (non-hydrogen) atoms. The van der Waals surface area contributed by atoms with Gasteiger partial charge in [-0.3, -0.25) is 4.79 Å². The Bertz CT molecular complexity index is 744. The number of nitrogens with zero attached hydrogens (tertiary/aromatic N) is 5. The molecule has 2 aromatic rings. The van der Waals surface area contributed by atoms with Gasteiger partial charge in [-0.05, 0) is 45.9 Å². The predicted octanol–water partition coefficient (Wildman–Crippen LogP) is 2.50. The van der Waals surface area contributed by atoms with Crippen molar-refractivity contribution in [3.8, 4) is 0 Å². The van der Waals surface area contributed by atoms with E-state index < -0.39 is 0 Å². The third-order valence-corrected chi connectivity index (χ3v) is 4.89. The maximum atomic E-state index is 12.7. The first kappa shape index (κ1) is 18.2. The van der Waals surface area contributed by atoms with Gasteiger partial charge in [-0.2, -0.15) is 0 Å². The molecule has 1 fully saturated rings. The quantitative estimate of drug-likeness (QED) is 0.819. The smallest absolute Gasteiger partial charge is 0.257 e. The molecule has 0 spiro atoms. The van der Waals surface area contributed by atoms with Gasteiger partial charge in [0.25, 0.3) is 5.91 Å². The van der Waals surface area contributed by atoms with Crippen LogP contribution in [0.4, 0.5) is 11.6 Å². The lowest BCUT2D eigenvalue weighted by molar-refractivity contribution is 0.0744. The fraction of sp³-hybridized carbons (Fsp3) is 0.526. The van der Waals surface area contributed by atoms with Gasteiger partial charge in [0, 0.05) is 39.3 Å². The summed E-state index contributed by atoms with van der Waals surface area (Å²) in [5.41, 5.74) is 0.666. The maximum absolute atomic E-state index is 12.7. The Hall–Kier alpha value is -2.57. The molecule has 0 N–H and O–H groups in total. The molecule has 0 atom stereocenters. The SMILES string of the molecule is CCN(CC)c1ccc(N2CCN(C(=O)c3cc(C)oc3C)CC2)nn1. The molecule has 2 aromatic heterocycles. The second-order valence-corrected chi connectivity index (χ2v) is 6.53. The van der Waals surface area contributed by atoms with E-state index in [-0.39, 0.29) is 5.91 Å². The molecule has 1 aliphatic heterocycles. The average Bonchev–Trinajstić information content (AvgIpc) is 3.01. The molecule has 3 heterocycles. The van der Waals surface area contributed by atoms with Crippen molar-refractivity contribution < 1.29 is 9.21 Å². The second kappa shape index (κ2) is 7.76. The van der Waals surface area contributed by atoms with Crippen molar-refractivity contribution >= 4 is 17.5 Å². The average molecular weight is 357 g/mol. The van der Waals surface area contributed by atoms with Crippen LogP contribution in [0.15, 0.2) is 22.6 Å². The number of rotatable bonds is 5. The molecular formula is C19H27N5O2. The van der Waals surface area contributed by atoms with E-state index in [0.29, 0.717) is 24.4 Å². The van der Waals surface area contributed by atoms with Gasteiger partial charge >= 0.3 is 0 Å². The normalized spacial score (nSPS) is 14.6. The number of aryl methyl sites for hydroxylation is 2. The van der Waals surface area contributed by atoms with Crippen LogP contribution in [0, 0.1) is 13.8 Å². The molecule has 0 radical (unpaired) electrons. The summed E-state index contributed by atoms with van der Waals surface area (Å²) in [6.45, 7) is 12.6. The second-order valence-electron chi connectivity index (χ2n) is 6.53. The molecule has 0 aliphatic carbocycles. The standard InChI is InChI=1S/C19H27N5O2/c1-5-22(6-2)17-7-8-18(21-20-17)23-9-11-24(12-10-23)19(25)16-13-14(3)26-15(16)4/h7-8,13H,5-6,9-12H2,1-4H3. The van der Waals surface area contributed by atoms with E-state index in [1.54, 1.807) is 0 Å². The molecule has 140 valence electrons. The molecule has 7 nitrogen and oxygen atoms in total. The molecule has 0 saturated carbocycles. The third-order valence-electron chi connectivity index (χ3n) is 4.89. The number of carbonyl (C=O) groups excluding carboxylic acids is 1. The van der Waals surface area contributed by atoms with Gasteiger partial charge in [0.05, 0.1) is 5.56 Å². The van der Waals surface area contributed by atoms with E-state index in [1.807, 2.05) is 36.9 Å². The Balaban J connectivity index is 1.61. The summed E-state index contributed by atoms with van der Waals surface area (Å²) in [4.78, 5) is 18.9. The summed E-state index contributed by atoms with van der Waals surface area (Å²) in [6, 6.07) is 5.85. The molecule has 1 amide bonds. The van der Waals surface area contributed by atoms with E-state index in [4.69, 9.17) is 4.42 Å². The number of amides is 1. The molecule has 0 bridgehead atoms. The maximum Gasteiger partial charge on any atom is 0.257 e. The van der Waals surface area contributed by atoms with Gasteiger partial charge < -0.3 is 19.1 Å². The zero-order valence-electron chi connectivity index (χ0n) is 16.0. The van der Waals surface area contributed by atoms with E-state index in [1.165, 1.54) is 0 Å². The lowest BCUT2D eigenvalue weighted by Crippen LogP contribution is -2.49. The lowest BCUT2D eigenvalue weighted by atomic mass is 10.2. The zero-order valence-corrected chi connectivity index (χ0v) is 16.0. The van der Waals surface area contributed by atoms with Gasteiger partial charge in [0.2, 0.25) is 0 Å². The van der Waals surface area contributed by atoms with Gasteiger partial charge in [0.15, 0.2) is 11.6 Å². The monoisotopic (exact) mass is 357 g/mol. The minimum absolute atomic E-state index is 0.0435. The van der Waals surface area contributed by atoms with Crippen molar-refractivity contribution in [1.82, 2.24) is 15.1 Å². The number of aromatic nitrogens is 2. The van der Waals surface area contributed by atoms with E-state index in [9.17, 15) is 4.79 Å². The summed E-state index contributed by atoms with van der Waals surface area (Å²) in [6.07, 6.45) is 0. The van der Waals surface area contributed by atoms with Crippen LogP contribution in [0.5, 0.6) is 0 Å². The first-order valence-electron chi connectivity index (χ1n) is 9.23. The van der Waals surface area contributed by atoms with Crippen LogP contribution in [0.25, 0.3) is 0 Å². The van der Waals surface area contributed by atoms with E-state index >= 15 is 0 Å². The van der Waals surface area contributed by atoms with Crippen LogP contribution >= 0.6 is 0 Å². The van der Waals surface area contributed by atoms with Crippen molar-refractivity contribution in [2.75, 3.05) is 49.1 Å². The molecule has 0 aromatic carbocycles. The van der Waals surface area contributed by atoms with E-state index in [2.05, 4.69) is 33.8 Å². The summed E-state index contributed by atoms with van der Waals surface area (Å²) < 4.78 is 5.49. The van der Waals surface area contributed by atoms with Crippen molar-refractivity contribution in [2.45, 2.75) is 27.7 Å². The van der Waals surface area contributed by atoms with Crippen molar-refractivity contribution in [3.63, 3.8) is 0 Å². The molecule has 1 saturated heterocycles. The molecule has 7 heteroatoms. The molecule has 1 aliphatic rings. The number of hydrogen-bond donors (Lipinski definition) is 0. The number of anilines is 2. The van der Waals surface area contributed by atoms with E-state index in [0.717, 1.165) is 43.6 Å². The Morgan fingerprint density at radius 3 is 2.31 bits per heavy atom. The van der Waals surface area contributed by atoms with Crippen LogP contribution in [0.2, 0.25) is 0 Å². The largest absolute Gasteiger partial charge is 0.466 e. The first-order chi connectivity index (χ1) is 12.5. The topological polar surface area (TPSA) is 65.7 Å². The number of piperazine rings is 1. The molecular weight excluding hydrogens is 330 g/mol. The molecule has 3 rings (SSSR count). The van der Waals surface area contributed by atoms with Crippen molar-refractivity contribution in [2.24, 2.45) is 0 Å². The van der Waals surface area contributed by atoms with Crippen LogP contribution in [0.3, 0.4) is 0 Å². The highest BCUT2D eigenvalue weighted by Gasteiger charge is 2.25. The number of carbonyl (C=O) groups is 1. The van der Waals surface area contributed by atoms with Gasteiger partial charge in [-0.15, -0.1) is 10.2 Å². The Labute approximate surface area is 154 Å². The fourth-order valence-corrected chi connectivity index (χ4v) is 3.36. The van der Waals surface area contributed by atoms with Gasteiger partial charge in [-0.25, -0.2) is 0 Å². The predicted molar refractivity (Wildman–Crippen MR) is 102 cm³/mol. The minimum Gasteiger partial charge on any atom is -0.466 e. The Kier molecular flexibility index (Phi) is 5.44. The van der Waals surface area contributed by atoms with Crippen molar-refractivity contribution in [1.29, 1.82) is 0 Å². The van der Waals surface area contributed by atoms with Crippen molar-refractivity contribution in [3.05, 3.63) is 35.3 Å². The van der Waals surface area contributed by atoms with Crippen LogP contribution in [-0.2, 0) is 0 Å². The Morgan fingerprint density at radius 1 is 1.12 bits per heavy atom. The van der Waals surface area contributed by atoms with Gasteiger partial charge in [-0.1, -0.05) is 0 Å². The molecule has 0 unspecified atom stereocenters. The highest BCUT2D eigenvalue weighted by Crippen LogP contribution is 2.19. The zero-order chi connectivity index (χ0) is 18.7. The fourth-order valence-electron chi connectivity index (χ4n) is 3.36. The highest BCUT2D eigenvalue weighted by atomic mass is 16.3. The summed E-state index contributed by atoms with van der Waals surface area (Å²) >= 11 is 0. The first-order valence-corrected chi connectivity index (χ1v) is 9.23. The minimum atomic E-state index is 0.0435. The number of furan rings is 1. The summed E-state index contributed by atoms with van der Waals surface area (Å²) in [5.74, 6) is 3.27. The summed E-state index contributed by atoms with van der Waals surface area (Å²) in [7, 11) is 0. The third kappa shape index (κ3) is 3.66. The van der Waals surface area contributed by atoms with Gasteiger partial charge in [0.1, 0.15) is 11.5 Å². The van der Waals surface area contributed by atoms with Crippen LogP contribution in [0.1, 0.15) is 35.7 Å². The number of hydrogen-bond acceptors (Lipinski definition) is 6. The Morgan fingerprint density at radius 2 is 1.81 bits per heavy atom. The highest BCUT2D eigenvalue weighted by molar-refractivity contribution is 5.95. The van der Waals surface area contributed by atoms with Crippen LogP contribution < -0.4 is 9.80 Å².